The van der Waals surface area contributed by atoms with Crippen LogP contribution in [0.25, 0.3) is 0 Å². The summed E-state index contributed by atoms with van der Waals surface area (Å²) in [5.74, 6) is 0.693. The van der Waals surface area contributed by atoms with Crippen LogP contribution in [0.1, 0.15) is 25.3 Å². The van der Waals surface area contributed by atoms with Crippen LogP contribution in [0.4, 0.5) is 0 Å². The van der Waals surface area contributed by atoms with Crippen molar-refractivity contribution < 1.29 is 5.11 Å². The molecule has 0 radical (unpaired) electrons. The normalized spacial score (nSPS) is 23.4. The molecule has 112 valence electrons. The first-order valence-electron chi connectivity index (χ1n) is 7.78. The smallest absolute Gasteiger partial charge is 0.0587 e. The Hall–Kier alpha value is -0.900. The molecule has 20 heavy (non-hydrogen) atoms. The van der Waals surface area contributed by atoms with Gasteiger partial charge in [0.05, 0.1) is 6.61 Å². The lowest BCUT2D eigenvalue weighted by molar-refractivity contribution is 0.158. The SMILES string of the molecule is CC(N[C@@H](CO)Cc1ccccc1)C1CCCN(C)C1. The lowest BCUT2D eigenvalue weighted by Gasteiger charge is -2.35. The number of rotatable bonds is 6. The summed E-state index contributed by atoms with van der Waals surface area (Å²) in [6, 6.07) is 11.0. The molecule has 1 fully saturated rings. The Kier molecular flexibility index (Phi) is 6.02. The van der Waals surface area contributed by atoms with Crippen LogP contribution >= 0.6 is 0 Å². The molecular weight excluding hydrogens is 248 g/mol. The fourth-order valence-corrected chi connectivity index (χ4v) is 3.20. The molecule has 3 heteroatoms. The minimum absolute atomic E-state index is 0.152. The Morgan fingerprint density at radius 1 is 1.35 bits per heavy atom. The largest absolute Gasteiger partial charge is 0.395 e. The van der Waals surface area contributed by atoms with Gasteiger partial charge >= 0.3 is 0 Å². The van der Waals surface area contributed by atoms with Gasteiger partial charge in [-0.15, -0.1) is 0 Å². The molecule has 0 spiro atoms. The maximum absolute atomic E-state index is 9.61. The fourth-order valence-electron chi connectivity index (χ4n) is 3.20. The van der Waals surface area contributed by atoms with Crippen LogP contribution in [-0.2, 0) is 6.42 Å². The number of aliphatic hydroxyl groups is 1. The maximum atomic E-state index is 9.61. The van der Waals surface area contributed by atoms with Crippen LogP contribution in [0, 0.1) is 5.92 Å². The van der Waals surface area contributed by atoms with Gasteiger partial charge in [-0.1, -0.05) is 30.3 Å². The summed E-state index contributed by atoms with van der Waals surface area (Å²) in [7, 11) is 2.20. The van der Waals surface area contributed by atoms with Crippen LogP contribution in [-0.4, -0.2) is 48.8 Å². The van der Waals surface area contributed by atoms with Crippen LogP contribution in [0.2, 0.25) is 0 Å². The van der Waals surface area contributed by atoms with E-state index in [1.165, 1.54) is 24.9 Å². The van der Waals surface area contributed by atoms with Crippen molar-refractivity contribution in [2.75, 3.05) is 26.7 Å². The zero-order valence-electron chi connectivity index (χ0n) is 12.8. The van der Waals surface area contributed by atoms with Crippen LogP contribution in [0.5, 0.6) is 0 Å². The third-order valence-electron chi connectivity index (χ3n) is 4.41. The Morgan fingerprint density at radius 3 is 2.75 bits per heavy atom. The van der Waals surface area contributed by atoms with Gasteiger partial charge in [0, 0.05) is 18.6 Å². The molecule has 2 unspecified atom stereocenters. The predicted octanol–water partition coefficient (Wildman–Crippen LogP) is 1.91. The maximum Gasteiger partial charge on any atom is 0.0587 e. The van der Waals surface area contributed by atoms with Gasteiger partial charge in [-0.2, -0.15) is 0 Å². The second-order valence-corrected chi connectivity index (χ2v) is 6.19. The molecular formula is C17H28N2O. The molecule has 0 bridgehead atoms. The minimum atomic E-state index is 0.152. The van der Waals surface area contributed by atoms with Crippen molar-refractivity contribution in [3.8, 4) is 0 Å². The van der Waals surface area contributed by atoms with Gasteiger partial charge in [0.1, 0.15) is 0 Å². The van der Waals surface area contributed by atoms with E-state index in [9.17, 15) is 5.11 Å². The van der Waals surface area contributed by atoms with Crippen molar-refractivity contribution in [3.63, 3.8) is 0 Å². The van der Waals surface area contributed by atoms with E-state index >= 15 is 0 Å². The van der Waals surface area contributed by atoms with E-state index in [1.54, 1.807) is 0 Å². The van der Waals surface area contributed by atoms with Crippen molar-refractivity contribution in [3.05, 3.63) is 35.9 Å². The first kappa shape index (κ1) is 15.5. The summed E-state index contributed by atoms with van der Waals surface area (Å²) in [5.41, 5.74) is 1.28. The molecule has 3 atom stereocenters. The molecule has 0 amide bonds. The van der Waals surface area contributed by atoms with Gasteiger partial charge in [0.2, 0.25) is 0 Å². The summed E-state index contributed by atoms with van der Waals surface area (Å²) in [5, 5.41) is 13.2. The number of hydrogen-bond donors (Lipinski definition) is 2. The van der Waals surface area contributed by atoms with Crippen molar-refractivity contribution in [2.24, 2.45) is 5.92 Å². The summed E-state index contributed by atoms with van der Waals surface area (Å²) < 4.78 is 0. The van der Waals surface area contributed by atoms with E-state index in [2.05, 4.69) is 48.5 Å². The average molecular weight is 276 g/mol. The van der Waals surface area contributed by atoms with Gasteiger partial charge in [0.25, 0.3) is 0 Å². The molecule has 1 aliphatic rings. The molecule has 1 heterocycles. The lowest BCUT2D eigenvalue weighted by atomic mass is 9.91. The van der Waals surface area contributed by atoms with Crippen molar-refractivity contribution in [1.82, 2.24) is 10.2 Å². The Labute approximate surface area is 123 Å². The molecule has 1 aliphatic heterocycles. The zero-order valence-corrected chi connectivity index (χ0v) is 12.8. The lowest BCUT2D eigenvalue weighted by Crippen LogP contribution is -2.48. The number of likely N-dealkylation sites (tertiary alicyclic amines) is 1. The average Bonchev–Trinajstić information content (AvgIpc) is 2.47. The molecule has 2 N–H and O–H groups in total. The number of benzene rings is 1. The van der Waals surface area contributed by atoms with Crippen molar-refractivity contribution in [2.45, 2.75) is 38.3 Å². The molecule has 1 saturated heterocycles. The van der Waals surface area contributed by atoms with Gasteiger partial charge in [-0.3, -0.25) is 0 Å². The number of nitrogens with zero attached hydrogens (tertiary/aromatic N) is 1. The molecule has 0 aromatic heterocycles. The first-order valence-corrected chi connectivity index (χ1v) is 7.78. The second-order valence-electron chi connectivity index (χ2n) is 6.19. The fraction of sp³-hybridized carbons (Fsp3) is 0.647. The van der Waals surface area contributed by atoms with Crippen molar-refractivity contribution in [1.29, 1.82) is 0 Å². The number of nitrogens with one attached hydrogen (secondary N) is 1. The Balaban J connectivity index is 1.85. The second kappa shape index (κ2) is 7.77. The molecule has 3 nitrogen and oxygen atoms in total. The first-order chi connectivity index (χ1) is 9.69. The molecule has 1 aromatic rings. The minimum Gasteiger partial charge on any atom is -0.395 e. The summed E-state index contributed by atoms with van der Waals surface area (Å²) in [6.45, 7) is 4.84. The van der Waals surface area contributed by atoms with Crippen molar-refractivity contribution >= 4 is 0 Å². The number of aliphatic hydroxyl groups excluding tert-OH is 1. The van der Waals surface area contributed by atoms with E-state index in [4.69, 9.17) is 0 Å². The van der Waals surface area contributed by atoms with E-state index in [0.717, 1.165) is 13.0 Å². The monoisotopic (exact) mass is 276 g/mol. The predicted molar refractivity (Wildman–Crippen MR) is 83.8 cm³/mol. The van der Waals surface area contributed by atoms with Crippen LogP contribution < -0.4 is 5.32 Å². The highest BCUT2D eigenvalue weighted by Crippen LogP contribution is 2.19. The molecule has 0 saturated carbocycles. The molecule has 1 aromatic carbocycles. The van der Waals surface area contributed by atoms with Gasteiger partial charge in [-0.25, -0.2) is 0 Å². The molecule has 0 aliphatic carbocycles. The van der Waals surface area contributed by atoms with E-state index in [1.807, 2.05) is 6.07 Å². The zero-order chi connectivity index (χ0) is 14.4. The topological polar surface area (TPSA) is 35.5 Å². The number of piperidine rings is 1. The summed E-state index contributed by atoms with van der Waals surface area (Å²) in [4.78, 5) is 2.41. The Morgan fingerprint density at radius 2 is 2.10 bits per heavy atom. The standard InChI is InChI=1S/C17H28N2O/c1-14(16-9-6-10-19(2)12-16)18-17(13-20)11-15-7-4-3-5-8-15/h3-5,7-8,14,16-18,20H,6,9-13H2,1-2H3/t14?,16?,17-/m1/s1. The van der Waals surface area contributed by atoms with Crippen LogP contribution in [0.3, 0.4) is 0 Å². The third-order valence-corrected chi connectivity index (χ3v) is 4.41. The quantitative estimate of drug-likeness (QED) is 0.833. The number of hydrogen-bond acceptors (Lipinski definition) is 3. The highest BCUT2D eigenvalue weighted by atomic mass is 16.3. The summed E-state index contributed by atoms with van der Waals surface area (Å²) in [6.07, 6.45) is 3.47. The van der Waals surface area contributed by atoms with E-state index in [-0.39, 0.29) is 12.6 Å². The highest BCUT2D eigenvalue weighted by Gasteiger charge is 2.24. The Bertz CT molecular complexity index is 382. The highest BCUT2D eigenvalue weighted by molar-refractivity contribution is 5.16. The third kappa shape index (κ3) is 4.58. The summed E-state index contributed by atoms with van der Waals surface area (Å²) >= 11 is 0. The van der Waals surface area contributed by atoms with Crippen LogP contribution in [0.15, 0.2) is 30.3 Å². The molecule has 2 rings (SSSR count). The van der Waals surface area contributed by atoms with Gasteiger partial charge < -0.3 is 15.3 Å². The van der Waals surface area contributed by atoms with Gasteiger partial charge in [-0.05, 0) is 51.3 Å². The van der Waals surface area contributed by atoms with Gasteiger partial charge in [0.15, 0.2) is 0 Å². The van der Waals surface area contributed by atoms with E-state index in [0.29, 0.717) is 12.0 Å². The van der Waals surface area contributed by atoms with E-state index < -0.39 is 0 Å².